The molecule has 0 unspecified atom stereocenters. The van der Waals surface area contributed by atoms with Crippen molar-refractivity contribution in [3.8, 4) is 0 Å². The zero-order chi connectivity index (χ0) is 19.9. The number of rotatable bonds is 5. The summed E-state index contributed by atoms with van der Waals surface area (Å²) in [5.41, 5.74) is 1.22. The first-order chi connectivity index (χ1) is 12.7. The third-order valence-corrected chi connectivity index (χ3v) is 8.04. The van der Waals surface area contributed by atoms with E-state index in [-0.39, 0.29) is 35.9 Å². The largest absolute Gasteiger partial charge is 0.457 e. The maximum absolute atomic E-state index is 13.1. The number of carbonyl (C=O) groups is 1. The summed E-state index contributed by atoms with van der Waals surface area (Å²) in [4.78, 5) is 13.1. The first-order valence-corrected chi connectivity index (χ1v) is 10.5. The zero-order valence-electron chi connectivity index (χ0n) is 17.2. The molecule has 27 heavy (non-hydrogen) atoms. The highest BCUT2D eigenvalue weighted by Crippen LogP contribution is 2.64. The Labute approximate surface area is 163 Å². The van der Waals surface area contributed by atoms with Gasteiger partial charge in [0.15, 0.2) is 0 Å². The second-order valence-corrected chi connectivity index (χ2v) is 9.78. The van der Waals surface area contributed by atoms with Crippen LogP contribution in [0.5, 0.6) is 0 Å². The Balaban J connectivity index is 1.89. The predicted molar refractivity (Wildman–Crippen MR) is 106 cm³/mol. The SMILES string of the molecule is C=C[C@]1(C)C=C2CC[C@@H]3[C@](C)(CCC[C@@]3(C)C(=O)OC(CO)CO)[C@H]2CC1. The van der Waals surface area contributed by atoms with E-state index in [1.54, 1.807) is 5.57 Å². The van der Waals surface area contributed by atoms with E-state index in [4.69, 9.17) is 4.74 Å². The Morgan fingerprint density at radius 2 is 1.96 bits per heavy atom. The molecule has 0 saturated heterocycles. The minimum absolute atomic E-state index is 0.0986. The standard InChI is InChI=1S/C23H36O4/c1-5-21(2)12-9-18-16(13-21)7-8-19-22(18,3)10-6-11-23(19,4)20(26)27-17(14-24)15-25/h5,13,17-19,24-25H,1,6-12,14-15H2,2-4H3/t18-,19+,21-,22+,23+/m0/s1. The van der Waals surface area contributed by atoms with Gasteiger partial charge in [0.25, 0.3) is 0 Å². The molecule has 3 aliphatic carbocycles. The molecule has 4 heteroatoms. The quantitative estimate of drug-likeness (QED) is 0.562. The monoisotopic (exact) mass is 376 g/mol. The lowest BCUT2D eigenvalue weighted by Gasteiger charge is -2.59. The Hall–Kier alpha value is -1.13. The van der Waals surface area contributed by atoms with Crippen LogP contribution in [0.2, 0.25) is 0 Å². The van der Waals surface area contributed by atoms with Gasteiger partial charge in [-0.25, -0.2) is 0 Å². The van der Waals surface area contributed by atoms with Gasteiger partial charge in [-0.05, 0) is 62.7 Å². The summed E-state index contributed by atoms with van der Waals surface area (Å²) in [7, 11) is 0. The molecule has 0 aliphatic heterocycles. The van der Waals surface area contributed by atoms with Gasteiger partial charge in [-0.3, -0.25) is 4.79 Å². The fourth-order valence-electron chi connectivity index (χ4n) is 6.35. The van der Waals surface area contributed by atoms with Gasteiger partial charge in [0.1, 0.15) is 6.10 Å². The van der Waals surface area contributed by atoms with Crippen molar-refractivity contribution in [3.05, 3.63) is 24.3 Å². The summed E-state index contributed by atoms with van der Waals surface area (Å²) in [5.74, 6) is 0.563. The van der Waals surface area contributed by atoms with Crippen LogP contribution in [0.4, 0.5) is 0 Å². The highest BCUT2D eigenvalue weighted by molar-refractivity contribution is 5.77. The number of aliphatic hydroxyl groups is 2. The summed E-state index contributed by atoms with van der Waals surface area (Å²) in [6, 6.07) is 0. The van der Waals surface area contributed by atoms with Crippen LogP contribution in [-0.2, 0) is 9.53 Å². The Kier molecular flexibility index (Phi) is 5.62. The van der Waals surface area contributed by atoms with Crippen LogP contribution in [0.3, 0.4) is 0 Å². The lowest BCUT2D eigenvalue weighted by molar-refractivity contribution is -0.180. The molecule has 0 spiro atoms. The molecule has 0 amide bonds. The Morgan fingerprint density at radius 3 is 2.59 bits per heavy atom. The van der Waals surface area contributed by atoms with Crippen molar-refractivity contribution in [2.24, 2.45) is 28.1 Å². The molecule has 152 valence electrons. The van der Waals surface area contributed by atoms with Gasteiger partial charge in [0.05, 0.1) is 18.6 Å². The molecule has 3 rings (SSSR count). The van der Waals surface area contributed by atoms with Crippen LogP contribution in [-0.4, -0.2) is 35.5 Å². The molecular weight excluding hydrogens is 340 g/mol. The lowest BCUT2D eigenvalue weighted by atomic mass is 9.45. The van der Waals surface area contributed by atoms with E-state index >= 15 is 0 Å². The number of hydrogen-bond acceptors (Lipinski definition) is 4. The highest BCUT2D eigenvalue weighted by Gasteiger charge is 2.59. The summed E-state index contributed by atoms with van der Waals surface area (Å²) < 4.78 is 5.51. The normalized spacial score (nSPS) is 41.3. The first-order valence-electron chi connectivity index (χ1n) is 10.5. The predicted octanol–water partition coefficient (Wildman–Crippen LogP) is 4.02. The zero-order valence-corrected chi connectivity index (χ0v) is 17.2. The van der Waals surface area contributed by atoms with E-state index in [0.29, 0.717) is 5.92 Å². The van der Waals surface area contributed by atoms with Crippen LogP contribution in [0.15, 0.2) is 24.3 Å². The van der Waals surface area contributed by atoms with Crippen LogP contribution in [0.1, 0.15) is 65.7 Å². The number of fused-ring (bicyclic) bond motifs is 3. The third kappa shape index (κ3) is 3.40. The van der Waals surface area contributed by atoms with Crippen molar-refractivity contribution < 1.29 is 19.7 Å². The minimum atomic E-state index is -0.815. The molecule has 0 bridgehead atoms. The van der Waals surface area contributed by atoms with Gasteiger partial charge in [-0.15, -0.1) is 6.58 Å². The Bertz CT molecular complexity index is 622. The van der Waals surface area contributed by atoms with Crippen molar-refractivity contribution in [3.63, 3.8) is 0 Å². The summed E-state index contributed by atoms with van der Waals surface area (Å²) in [6.45, 7) is 10.1. The van der Waals surface area contributed by atoms with Crippen LogP contribution < -0.4 is 0 Å². The lowest BCUT2D eigenvalue weighted by Crippen LogP contribution is -2.55. The second-order valence-electron chi connectivity index (χ2n) is 9.78. The fraction of sp³-hybridized carbons (Fsp3) is 0.783. The molecule has 0 aromatic rings. The van der Waals surface area contributed by atoms with Crippen LogP contribution in [0.25, 0.3) is 0 Å². The van der Waals surface area contributed by atoms with E-state index < -0.39 is 11.5 Å². The molecule has 2 fully saturated rings. The topological polar surface area (TPSA) is 66.8 Å². The van der Waals surface area contributed by atoms with Gasteiger partial charge in [-0.2, -0.15) is 0 Å². The second kappa shape index (κ2) is 7.36. The van der Waals surface area contributed by atoms with Crippen LogP contribution >= 0.6 is 0 Å². The van der Waals surface area contributed by atoms with E-state index in [1.807, 2.05) is 0 Å². The maximum Gasteiger partial charge on any atom is 0.312 e. The fourth-order valence-corrected chi connectivity index (χ4v) is 6.35. The van der Waals surface area contributed by atoms with E-state index in [1.165, 1.54) is 0 Å². The maximum atomic E-state index is 13.1. The third-order valence-electron chi connectivity index (χ3n) is 8.04. The van der Waals surface area contributed by atoms with Gasteiger partial charge < -0.3 is 14.9 Å². The highest BCUT2D eigenvalue weighted by atomic mass is 16.6. The number of allylic oxidation sites excluding steroid dienone is 3. The van der Waals surface area contributed by atoms with Crippen molar-refractivity contribution in [1.82, 2.24) is 0 Å². The molecule has 3 aliphatic rings. The van der Waals surface area contributed by atoms with Gasteiger partial charge in [-0.1, -0.05) is 38.0 Å². The first kappa shape index (κ1) is 20.6. The van der Waals surface area contributed by atoms with E-state index in [0.717, 1.165) is 44.9 Å². The van der Waals surface area contributed by atoms with E-state index in [9.17, 15) is 15.0 Å². The Morgan fingerprint density at radius 1 is 1.26 bits per heavy atom. The molecule has 0 aromatic heterocycles. The average molecular weight is 377 g/mol. The summed E-state index contributed by atoms with van der Waals surface area (Å²) in [6.07, 6.45) is 11.0. The molecule has 0 heterocycles. The van der Waals surface area contributed by atoms with E-state index in [2.05, 4.69) is 39.5 Å². The molecular formula is C23H36O4. The van der Waals surface area contributed by atoms with Crippen LogP contribution in [0, 0.1) is 28.1 Å². The van der Waals surface area contributed by atoms with Gasteiger partial charge >= 0.3 is 5.97 Å². The van der Waals surface area contributed by atoms with Gasteiger partial charge in [0, 0.05) is 5.41 Å². The van der Waals surface area contributed by atoms with Crippen molar-refractivity contribution in [2.75, 3.05) is 13.2 Å². The average Bonchev–Trinajstić information content (AvgIpc) is 2.65. The number of carbonyl (C=O) groups excluding carboxylic acids is 1. The molecule has 2 saturated carbocycles. The number of ether oxygens (including phenoxy) is 1. The number of esters is 1. The summed E-state index contributed by atoms with van der Waals surface area (Å²) >= 11 is 0. The summed E-state index contributed by atoms with van der Waals surface area (Å²) in [5, 5.41) is 18.6. The molecule has 2 N–H and O–H groups in total. The minimum Gasteiger partial charge on any atom is -0.457 e. The number of aliphatic hydroxyl groups excluding tert-OH is 2. The van der Waals surface area contributed by atoms with Crippen molar-refractivity contribution in [2.45, 2.75) is 71.8 Å². The van der Waals surface area contributed by atoms with Gasteiger partial charge in [0.2, 0.25) is 0 Å². The smallest absolute Gasteiger partial charge is 0.312 e. The molecule has 4 nitrogen and oxygen atoms in total. The molecule has 0 aromatic carbocycles. The van der Waals surface area contributed by atoms with Crippen molar-refractivity contribution >= 4 is 5.97 Å². The molecule has 5 atom stereocenters. The molecule has 0 radical (unpaired) electrons. The van der Waals surface area contributed by atoms with Crippen molar-refractivity contribution in [1.29, 1.82) is 0 Å². The number of hydrogen-bond donors (Lipinski definition) is 2.